The van der Waals surface area contributed by atoms with E-state index in [1.807, 2.05) is 43.3 Å². The van der Waals surface area contributed by atoms with Crippen molar-refractivity contribution in [3.8, 4) is 5.75 Å². The van der Waals surface area contributed by atoms with Crippen LogP contribution < -0.4 is 15.6 Å². The number of rotatable bonds is 5. The van der Waals surface area contributed by atoms with Gasteiger partial charge in [0.1, 0.15) is 5.75 Å². The van der Waals surface area contributed by atoms with Gasteiger partial charge in [0, 0.05) is 29.2 Å². The van der Waals surface area contributed by atoms with E-state index in [-0.39, 0.29) is 11.7 Å². The third-order valence-corrected chi connectivity index (χ3v) is 5.76. The molecule has 0 saturated heterocycles. The van der Waals surface area contributed by atoms with Crippen molar-refractivity contribution in [2.45, 2.75) is 51.3 Å². The fraction of sp³-hybridized carbons (Fsp3) is 0.348. The van der Waals surface area contributed by atoms with Gasteiger partial charge in [-0.05, 0) is 79.5 Å². The number of aromatic amines is 1. The van der Waals surface area contributed by atoms with Gasteiger partial charge in [0.15, 0.2) is 0 Å². The Kier molecular flexibility index (Phi) is 5.69. The molecule has 1 aromatic heterocycles. The van der Waals surface area contributed by atoms with Crippen LogP contribution in [0.1, 0.15) is 36.8 Å². The van der Waals surface area contributed by atoms with Crippen LogP contribution in [0.4, 0.5) is 0 Å². The lowest BCUT2D eigenvalue weighted by Gasteiger charge is -2.30. The minimum Gasteiger partial charge on any atom is -0.490 e. The molecule has 0 atom stereocenters. The number of benzene rings is 2. The Bertz CT molecular complexity index is 1020. The summed E-state index contributed by atoms with van der Waals surface area (Å²) in [5, 5.41) is 6.05. The summed E-state index contributed by atoms with van der Waals surface area (Å²) in [6.07, 6.45) is 6.15. The zero-order valence-electron chi connectivity index (χ0n) is 16.0. The zero-order chi connectivity index (χ0) is 19.5. The first-order valence-corrected chi connectivity index (χ1v) is 10.2. The van der Waals surface area contributed by atoms with E-state index in [0.29, 0.717) is 11.4 Å². The minimum absolute atomic E-state index is 0.0570. The minimum atomic E-state index is -0.0570. The Morgan fingerprint density at radius 1 is 1.14 bits per heavy atom. The highest BCUT2D eigenvalue weighted by molar-refractivity contribution is 6.30. The van der Waals surface area contributed by atoms with Crippen LogP contribution >= 0.6 is 11.6 Å². The van der Waals surface area contributed by atoms with Gasteiger partial charge in [-0.3, -0.25) is 4.79 Å². The average Bonchev–Trinajstić information content (AvgIpc) is 2.69. The van der Waals surface area contributed by atoms with Crippen molar-refractivity contribution in [1.82, 2.24) is 10.3 Å². The molecule has 3 aromatic rings. The molecule has 146 valence electrons. The maximum atomic E-state index is 11.9. The summed E-state index contributed by atoms with van der Waals surface area (Å²) in [5.74, 6) is 0.883. The Morgan fingerprint density at radius 3 is 2.75 bits per heavy atom. The second-order valence-corrected chi connectivity index (χ2v) is 8.05. The molecular formula is C23H25ClN2O2. The summed E-state index contributed by atoms with van der Waals surface area (Å²) in [6, 6.07) is 14.3. The van der Waals surface area contributed by atoms with E-state index >= 15 is 0 Å². The number of hydrogen-bond acceptors (Lipinski definition) is 3. The molecule has 1 aliphatic rings. The number of pyridine rings is 1. The van der Waals surface area contributed by atoms with Crippen molar-refractivity contribution in [3.05, 3.63) is 75.2 Å². The van der Waals surface area contributed by atoms with Gasteiger partial charge in [-0.15, -0.1) is 0 Å². The van der Waals surface area contributed by atoms with Crippen LogP contribution in [0.25, 0.3) is 10.8 Å². The molecule has 28 heavy (non-hydrogen) atoms. The number of hydrogen-bond donors (Lipinski definition) is 2. The third-order valence-electron chi connectivity index (χ3n) is 5.52. The van der Waals surface area contributed by atoms with E-state index in [1.165, 1.54) is 5.56 Å². The van der Waals surface area contributed by atoms with Crippen LogP contribution in [0, 0.1) is 6.92 Å². The van der Waals surface area contributed by atoms with Crippen LogP contribution in [0.3, 0.4) is 0 Å². The van der Waals surface area contributed by atoms with E-state index in [4.69, 9.17) is 16.3 Å². The molecular weight excluding hydrogens is 372 g/mol. The van der Waals surface area contributed by atoms with E-state index in [2.05, 4.69) is 16.4 Å². The summed E-state index contributed by atoms with van der Waals surface area (Å²) in [7, 11) is 0. The van der Waals surface area contributed by atoms with Crippen molar-refractivity contribution < 1.29 is 4.74 Å². The lowest BCUT2D eigenvalue weighted by atomic mass is 9.92. The first-order valence-electron chi connectivity index (χ1n) is 9.85. The molecule has 4 rings (SSSR count). The van der Waals surface area contributed by atoms with Gasteiger partial charge >= 0.3 is 0 Å². The second-order valence-electron chi connectivity index (χ2n) is 7.61. The Morgan fingerprint density at radius 2 is 1.96 bits per heavy atom. The normalized spacial score (nSPS) is 19.6. The van der Waals surface area contributed by atoms with E-state index in [1.54, 1.807) is 6.20 Å². The predicted octanol–water partition coefficient (Wildman–Crippen LogP) is 4.97. The molecule has 1 aliphatic carbocycles. The maximum absolute atomic E-state index is 11.9. The topological polar surface area (TPSA) is 54.1 Å². The smallest absolute Gasteiger partial charge is 0.255 e. The fourth-order valence-corrected chi connectivity index (χ4v) is 4.14. The molecule has 1 saturated carbocycles. The summed E-state index contributed by atoms with van der Waals surface area (Å²) in [5.41, 5.74) is 2.16. The third kappa shape index (κ3) is 4.40. The first-order chi connectivity index (χ1) is 13.6. The van der Waals surface area contributed by atoms with E-state index in [9.17, 15) is 4.79 Å². The fourth-order valence-electron chi connectivity index (χ4n) is 3.92. The Labute approximate surface area is 169 Å². The highest BCUT2D eigenvalue weighted by Gasteiger charge is 2.22. The summed E-state index contributed by atoms with van der Waals surface area (Å²) in [6.45, 7) is 2.84. The van der Waals surface area contributed by atoms with Crippen molar-refractivity contribution >= 4 is 22.4 Å². The number of H-pyrrole nitrogens is 1. The van der Waals surface area contributed by atoms with Crippen LogP contribution in [0.5, 0.6) is 5.75 Å². The monoisotopic (exact) mass is 396 g/mol. The van der Waals surface area contributed by atoms with Crippen LogP contribution in [-0.4, -0.2) is 17.1 Å². The molecule has 2 aromatic carbocycles. The SMILES string of the molecule is Cc1cc2c(=O)[nH]ccc2cc1O[C@H]1CC[C@@H](NCc2cccc(Cl)c2)CC1. The van der Waals surface area contributed by atoms with Gasteiger partial charge < -0.3 is 15.0 Å². The van der Waals surface area contributed by atoms with Crippen LogP contribution in [0.15, 0.2) is 53.5 Å². The van der Waals surface area contributed by atoms with Crippen LogP contribution in [0.2, 0.25) is 5.02 Å². The molecule has 5 heteroatoms. The molecule has 0 amide bonds. The molecule has 0 bridgehead atoms. The van der Waals surface area contributed by atoms with Crippen LogP contribution in [-0.2, 0) is 6.54 Å². The quantitative estimate of drug-likeness (QED) is 0.640. The maximum Gasteiger partial charge on any atom is 0.255 e. The predicted molar refractivity (Wildman–Crippen MR) is 114 cm³/mol. The molecule has 0 aliphatic heterocycles. The van der Waals surface area contributed by atoms with Gasteiger partial charge in [0.05, 0.1) is 6.10 Å². The Hall–Kier alpha value is -2.30. The van der Waals surface area contributed by atoms with Gasteiger partial charge in [-0.25, -0.2) is 0 Å². The van der Waals surface area contributed by atoms with Gasteiger partial charge in [0.2, 0.25) is 0 Å². The van der Waals surface area contributed by atoms with Gasteiger partial charge in [0.25, 0.3) is 5.56 Å². The molecule has 4 nitrogen and oxygen atoms in total. The molecule has 2 N–H and O–H groups in total. The summed E-state index contributed by atoms with van der Waals surface area (Å²) >= 11 is 6.06. The summed E-state index contributed by atoms with van der Waals surface area (Å²) < 4.78 is 6.30. The molecule has 0 unspecified atom stereocenters. The largest absolute Gasteiger partial charge is 0.490 e. The lowest BCUT2D eigenvalue weighted by Crippen LogP contribution is -2.36. The number of aromatic nitrogens is 1. The Balaban J connectivity index is 1.34. The van der Waals surface area contributed by atoms with E-state index in [0.717, 1.165) is 53.9 Å². The number of ether oxygens (including phenoxy) is 1. The first kappa shape index (κ1) is 19.0. The second kappa shape index (κ2) is 8.38. The van der Waals surface area contributed by atoms with Crippen molar-refractivity contribution in [2.75, 3.05) is 0 Å². The molecule has 1 heterocycles. The average molecular weight is 397 g/mol. The van der Waals surface area contributed by atoms with Crippen molar-refractivity contribution in [3.63, 3.8) is 0 Å². The lowest BCUT2D eigenvalue weighted by molar-refractivity contribution is 0.138. The standard InChI is InChI=1S/C23H25ClN2O2/c1-15-11-21-17(9-10-25-23(21)27)13-22(15)28-20-7-5-19(6-8-20)26-14-16-3-2-4-18(24)12-16/h2-4,9-13,19-20,26H,5-8,14H2,1H3,(H,25,27)/t19-,20+. The zero-order valence-corrected chi connectivity index (χ0v) is 16.8. The van der Waals surface area contributed by atoms with Gasteiger partial charge in [-0.2, -0.15) is 0 Å². The van der Waals surface area contributed by atoms with Crippen molar-refractivity contribution in [2.24, 2.45) is 0 Å². The molecule has 1 fully saturated rings. The highest BCUT2D eigenvalue weighted by atomic mass is 35.5. The van der Waals surface area contributed by atoms with Gasteiger partial charge in [-0.1, -0.05) is 23.7 Å². The number of halogens is 1. The molecule has 0 radical (unpaired) electrons. The number of aryl methyl sites for hydroxylation is 1. The number of fused-ring (bicyclic) bond motifs is 1. The molecule has 0 spiro atoms. The van der Waals surface area contributed by atoms with E-state index < -0.39 is 0 Å². The number of nitrogens with one attached hydrogen (secondary N) is 2. The van der Waals surface area contributed by atoms with Crippen molar-refractivity contribution in [1.29, 1.82) is 0 Å². The summed E-state index contributed by atoms with van der Waals surface area (Å²) in [4.78, 5) is 14.7. The highest BCUT2D eigenvalue weighted by Crippen LogP contribution is 2.29.